The zero-order valence-corrected chi connectivity index (χ0v) is 15.1. The number of amides is 4. The Morgan fingerprint density at radius 2 is 1.96 bits per heavy atom. The number of carbonyl (C=O) groups is 3. The lowest BCUT2D eigenvalue weighted by Crippen LogP contribution is -2.44. The second-order valence-corrected chi connectivity index (χ2v) is 7.17. The van der Waals surface area contributed by atoms with Crippen molar-refractivity contribution < 1.29 is 14.4 Å². The van der Waals surface area contributed by atoms with E-state index in [1.165, 1.54) is 4.90 Å². The number of nitrogens with zero attached hydrogens (tertiary/aromatic N) is 1. The van der Waals surface area contributed by atoms with Crippen LogP contribution in [0.15, 0.2) is 18.2 Å². The molecular formula is C17H19Cl2N3O3. The first kappa shape index (κ1) is 18.0. The molecule has 1 saturated carbocycles. The fourth-order valence-electron chi connectivity index (χ4n) is 3.41. The molecule has 4 amide bonds. The van der Waals surface area contributed by atoms with Gasteiger partial charge in [0, 0.05) is 13.1 Å². The molecule has 134 valence electrons. The monoisotopic (exact) mass is 383 g/mol. The van der Waals surface area contributed by atoms with E-state index in [4.69, 9.17) is 23.2 Å². The minimum absolute atomic E-state index is 0.140. The van der Waals surface area contributed by atoms with Gasteiger partial charge >= 0.3 is 6.03 Å². The largest absolute Gasteiger partial charge is 0.352 e. The number of rotatable bonds is 5. The summed E-state index contributed by atoms with van der Waals surface area (Å²) in [4.78, 5) is 37.9. The third-order valence-electron chi connectivity index (χ3n) is 4.74. The Bertz CT molecular complexity index is 717. The van der Waals surface area contributed by atoms with Crippen LogP contribution >= 0.6 is 23.2 Å². The third kappa shape index (κ3) is 3.46. The van der Waals surface area contributed by atoms with E-state index in [0.717, 1.165) is 12.8 Å². The maximum absolute atomic E-state index is 12.5. The van der Waals surface area contributed by atoms with Crippen molar-refractivity contribution in [2.75, 3.05) is 13.1 Å². The number of hydrogen-bond acceptors (Lipinski definition) is 3. The molecule has 1 aromatic rings. The Kier molecular flexibility index (Phi) is 5.20. The highest BCUT2D eigenvalue weighted by Crippen LogP contribution is 2.35. The average Bonchev–Trinajstić information content (AvgIpc) is 3.14. The lowest BCUT2D eigenvalue weighted by atomic mass is 9.98. The second-order valence-electron chi connectivity index (χ2n) is 6.39. The smallest absolute Gasteiger partial charge is 0.325 e. The lowest BCUT2D eigenvalue weighted by Gasteiger charge is -2.20. The molecule has 0 atom stereocenters. The van der Waals surface area contributed by atoms with E-state index >= 15 is 0 Å². The zero-order valence-electron chi connectivity index (χ0n) is 13.6. The summed E-state index contributed by atoms with van der Waals surface area (Å²) in [6.07, 6.45) is 3.79. The molecule has 1 heterocycles. The van der Waals surface area contributed by atoms with Crippen LogP contribution in [-0.2, 0) is 4.79 Å². The second kappa shape index (κ2) is 7.22. The van der Waals surface area contributed by atoms with Gasteiger partial charge in [-0.15, -0.1) is 0 Å². The topological polar surface area (TPSA) is 78.5 Å². The van der Waals surface area contributed by atoms with Crippen LogP contribution in [0.4, 0.5) is 4.79 Å². The molecule has 2 fully saturated rings. The van der Waals surface area contributed by atoms with E-state index < -0.39 is 5.54 Å². The van der Waals surface area contributed by atoms with Gasteiger partial charge in [0.25, 0.3) is 11.8 Å². The summed E-state index contributed by atoms with van der Waals surface area (Å²) in [6.45, 7) is 0.599. The van der Waals surface area contributed by atoms with Crippen LogP contribution in [0.3, 0.4) is 0 Å². The molecule has 25 heavy (non-hydrogen) atoms. The van der Waals surface area contributed by atoms with E-state index in [1.54, 1.807) is 18.2 Å². The molecule has 6 nitrogen and oxygen atoms in total. The summed E-state index contributed by atoms with van der Waals surface area (Å²) in [7, 11) is 0. The Morgan fingerprint density at radius 3 is 2.68 bits per heavy atom. The predicted octanol–water partition coefficient (Wildman–Crippen LogP) is 2.98. The van der Waals surface area contributed by atoms with Crippen LogP contribution < -0.4 is 10.6 Å². The van der Waals surface area contributed by atoms with Crippen molar-refractivity contribution in [3.8, 4) is 0 Å². The molecule has 2 aliphatic rings. The van der Waals surface area contributed by atoms with E-state index in [0.29, 0.717) is 36.4 Å². The van der Waals surface area contributed by atoms with Gasteiger partial charge in [-0.05, 0) is 31.4 Å². The highest BCUT2D eigenvalue weighted by Gasteiger charge is 2.51. The maximum atomic E-state index is 12.5. The molecule has 1 saturated heterocycles. The summed E-state index contributed by atoms with van der Waals surface area (Å²) in [6, 6.07) is 4.51. The molecule has 8 heteroatoms. The van der Waals surface area contributed by atoms with Crippen LogP contribution in [0, 0.1) is 0 Å². The first-order valence-corrected chi connectivity index (χ1v) is 9.06. The Hall–Kier alpha value is -1.79. The molecule has 0 unspecified atom stereocenters. The number of urea groups is 1. The zero-order chi connectivity index (χ0) is 18.0. The van der Waals surface area contributed by atoms with Gasteiger partial charge < -0.3 is 10.6 Å². The van der Waals surface area contributed by atoms with Crippen molar-refractivity contribution in [3.05, 3.63) is 33.8 Å². The van der Waals surface area contributed by atoms with E-state index in [1.807, 2.05) is 0 Å². The molecule has 0 aromatic heterocycles. The predicted molar refractivity (Wildman–Crippen MR) is 94.9 cm³/mol. The van der Waals surface area contributed by atoms with Crippen molar-refractivity contribution in [3.63, 3.8) is 0 Å². The number of hydrogen-bond donors (Lipinski definition) is 2. The van der Waals surface area contributed by atoms with Crippen molar-refractivity contribution in [1.29, 1.82) is 0 Å². The van der Waals surface area contributed by atoms with Gasteiger partial charge in [-0.3, -0.25) is 14.5 Å². The lowest BCUT2D eigenvalue weighted by molar-refractivity contribution is -0.131. The molecule has 2 N–H and O–H groups in total. The number of nitrogens with one attached hydrogen (secondary N) is 2. The minimum atomic E-state index is -0.686. The molecule has 1 aromatic carbocycles. The molecule has 3 rings (SSSR count). The highest BCUT2D eigenvalue weighted by atomic mass is 35.5. The van der Waals surface area contributed by atoms with Crippen molar-refractivity contribution in [1.82, 2.24) is 15.5 Å². The summed E-state index contributed by atoms with van der Waals surface area (Å²) in [5, 5.41) is 6.09. The molecule has 1 aliphatic heterocycles. The van der Waals surface area contributed by atoms with Crippen molar-refractivity contribution in [2.24, 2.45) is 0 Å². The summed E-state index contributed by atoms with van der Waals surface area (Å²) < 4.78 is 0. The first-order chi connectivity index (χ1) is 11.9. The summed E-state index contributed by atoms with van der Waals surface area (Å²) in [5.41, 5.74) is -0.386. The molecule has 0 bridgehead atoms. The summed E-state index contributed by atoms with van der Waals surface area (Å²) >= 11 is 11.9. The highest BCUT2D eigenvalue weighted by molar-refractivity contribution is 6.43. The Morgan fingerprint density at radius 1 is 1.24 bits per heavy atom. The van der Waals surface area contributed by atoms with Crippen LogP contribution in [0.1, 0.15) is 42.5 Å². The van der Waals surface area contributed by atoms with Gasteiger partial charge in [-0.25, -0.2) is 4.79 Å². The number of halogens is 2. The van der Waals surface area contributed by atoms with Gasteiger partial charge in [-0.1, -0.05) is 42.1 Å². The van der Waals surface area contributed by atoms with Crippen LogP contribution in [-0.4, -0.2) is 41.4 Å². The van der Waals surface area contributed by atoms with Gasteiger partial charge in [0.15, 0.2) is 0 Å². The van der Waals surface area contributed by atoms with Gasteiger partial charge in [0.05, 0.1) is 15.6 Å². The maximum Gasteiger partial charge on any atom is 0.325 e. The van der Waals surface area contributed by atoms with Crippen LogP contribution in [0.25, 0.3) is 0 Å². The van der Waals surface area contributed by atoms with Gasteiger partial charge in [0.1, 0.15) is 5.54 Å². The molecule has 0 radical (unpaired) electrons. The average molecular weight is 384 g/mol. The minimum Gasteiger partial charge on any atom is -0.352 e. The fourth-order valence-corrected chi connectivity index (χ4v) is 3.80. The Labute approximate surface area is 155 Å². The number of imide groups is 1. The SMILES string of the molecule is O=C(NCCCN1C(=O)NC2(CCCC2)C1=O)c1cccc(Cl)c1Cl. The third-order valence-corrected chi connectivity index (χ3v) is 5.56. The van der Waals surface area contributed by atoms with E-state index in [2.05, 4.69) is 10.6 Å². The summed E-state index contributed by atoms with van der Waals surface area (Å²) in [5.74, 6) is -0.476. The molecular weight excluding hydrogens is 365 g/mol. The normalized spacial score (nSPS) is 18.7. The van der Waals surface area contributed by atoms with Crippen LogP contribution in [0.2, 0.25) is 10.0 Å². The van der Waals surface area contributed by atoms with Gasteiger partial charge in [-0.2, -0.15) is 0 Å². The fraction of sp³-hybridized carbons (Fsp3) is 0.471. The van der Waals surface area contributed by atoms with Crippen LogP contribution in [0.5, 0.6) is 0 Å². The number of benzene rings is 1. The Balaban J connectivity index is 1.50. The quantitative estimate of drug-likeness (QED) is 0.605. The molecule has 1 aliphatic carbocycles. The molecule has 1 spiro atoms. The van der Waals surface area contributed by atoms with E-state index in [9.17, 15) is 14.4 Å². The standard InChI is InChI=1S/C17H19Cl2N3O3/c18-12-6-3-5-11(13(12)19)14(23)20-9-4-10-22-15(24)17(21-16(22)25)7-1-2-8-17/h3,5-6H,1-2,4,7-10H2,(H,20,23)(H,21,25). The van der Waals surface area contributed by atoms with Crippen molar-refractivity contribution >= 4 is 41.0 Å². The first-order valence-electron chi connectivity index (χ1n) is 8.31. The van der Waals surface area contributed by atoms with Crippen molar-refractivity contribution in [2.45, 2.75) is 37.6 Å². The number of carbonyl (C=O) groups excluding carboxylic acids is 3. The van der Waals surface area contributed by atoms with Gasteiger partial charge in [0.2, 0.25) is 0 Å². The van der Waals surface area contributed by atoms with E-state index in [-0.39, 0.29) is 29.4 Å².